The molecule has 0 aliphatic rings. The van der Waals surface area contributed by atoms with Crippen LogP contribution in [0.25, 0.3) is 10.9 Å². The smallest absolute Gasteiger partial charge is 0.341 e. The van der Waals surface area contributed by atoms with Crippen LogP contribution in [0.5, 0.6) is 5.75 Å². The van der Waals surface area contributed by atoms with Crippen molar-refractivity contribution in [1.82, 2.24) is 4.57 Å². The molecule has 0 saturated carbocycles. The van der Waals surface area contributed by atoms with Crippen LogP contribution in [0.2, 0.25) is 0 Å². The van der Waals surface area contributed by atoms with Gasteiger partial charge in [-0.05, 0) is 18.6 Å². The summed E-state index contributed by atoms with van der Waals surface area (Å²) in [5.41, 5.74) is 5.86. The number of amides is 1. The summed E-state index contributed by atoms with van der Waals surface area (Å²) in [5, 5.41) is 9.04. The molecule has 0 saturated heterocycles. The predicted octanol–water partition coefficient (Wildman–Crippen LogP) is 0.493. The first-order valence-electron chi connectivity index (χ1n) is 8.12. The molecule has 0 fully saturated rings. The number of hydrogen-bond acceptors (Lipinski definition) is 6. The minimum absolute atomic E-state index is 0.0426. The van der Waals surface area contributed by atoms with Crippen molar-refractivity contribution < 1.29 is 33.8 Å². The Hall–Kier alpha value is -3.49. The van der Waals surface area contributed by atoms with Gasteiger partial charge in [-0.15, -0.1) is 0 Å². The van der Waals surface area contributed by atoms with Crippen LogP contribution in [-0.2, 0) is 32.1 Å². The zero-order chi connectivity index (χ0) is 20.1. The summed E-state index contributed by atoms with van der Waals surface area (Å²) < 4.78 is 6.72. The highest BCUT2D eigenvalue weighted by Crippen LogP contribution is 2.35. The van der Waals surface area contributed by atoms with Crippen LogP contribution in [0, 0.1) is 0 Å². The van der Waals surface area contributed by atoms with Crippen LogP contribution in [0.1, 0.15) is 29.4 Å². The average Bonchev–Trinajstić information content (AvgIpc) is 2.93. The van der Waals surface area contributed by atoms with Gasteiger partial charge in [0.15, 0.2) is 12.9 Å². The van der Waals surface area contributed by atoms with E-state index in [2.05, 4.69) is 0 Å². The van der Waals surface area contributed by atoms with Crippen molar-refractivity contribution in [2.75, 3.05) is 6.61 Å². The van der Waals surface area contributed by atoms with Gasteiger partial charge in [-0.25, -0.2) is 4.79 Å². The second-order valence-electron chi connectivity index (χ2n) is 5.77. The summed E-state index contributed by atoms with van der Waals surface area (Å²) in [6.07, 6.45) is 1.07. The first-order chi connectivity index (χ1) is 12.8. The van der Waals surface area contributed by atoms with Gasteiger partial charge in [0.05, 0.1) is 23.0 Å². The molecule has 2 rings (SSSR count). The largest absolute Gasteiger partial charge is 0.481 e. The molecule has 2 aromatic rings. The third-order valence-electron chi connectivity index (χ3n) is 3.89. The van der Waals surface area contributed by atoms with Gasteiger partial charge in [-0.2, -0.15) is 0 Å². The SMILES string of the molecule is CCCc1c(C(=O)C(N)=O)c2c(OCC(=O)O)cccc2n1CC(=O)C=O. The number of aldehydes is 1. The normalized spacial score (nSPS) is 10.6. The second kappa shape index (κ2) is 8.26. The number of carbonyl (C=O) groups excluding carboxylic acids is 4. The van der Waals surface area contributed by atoms with Crippen molar-refractivity contribution in [2.45, 2.75) is 26.3 Å². The Morgan fingerprint density at radius 2 is 1.96 bits per heavy atom. The Kier molecular flexibility index (Phi) is 6.07. The van der Waals surface area contributed by atoms with Crippen molar-refractivity contribution in [1.29, 1.82) is 0 Å². The molecule has 27 heavy (non-hydrogen) atoms. The Balaban J connectivity index is 2.84. The highest BCUT2D eigenvalue weighted by molar-refractivity contribution is 6.45. The Morgan fingerprint density at radius 3 is 2.52 bits per heavy atom. The van der Waals surface area contributed by atoms with Crippen LogP contribution in [0.3, 0.4) is 0 Å². The van der Waals surface area contributed by atoms with Gasteiger partial charge in [0.25, 0.3) is 11.7 Å². The number of nitrogens with two attached hydrogens (primary N) is 1. The quantitative estimate of drug-likeness (QED) is 0.350. The molecule has 142 valence electrons. The molecule has 3 N–H and O–H groups in total. The van der Waals surface area contributed by atoms with E-state index in [0.29, 0.717) is 24.1 Å². The molecule has 0 aliphatic carbocycles. The third kappa shape index (κ3) is 4.02. The third-order valence-corrected chi connectivity index (χ3v) is 3.89. The van der Waals surface area contributed by atoms with Gasteiger partial charge in [0.2, 0.25) is 5.78 Å². The minimum atomic E-state index is -1.22. The highest BCUT2D eigenvalue weighted by Gasteiger charge is 2.28. The standard InChI is InChI=1S/C18H18N2O7/c1-2-4-11-16(17(25)18(19)26)15-12(20(11)7-10(22)8-21)5-3-6-13(15)27-9-14(23)24/h3,5-6,8H,2,4,7,9H2,1H3,(H2,19,26)(H,23,24). The number of aromatic nitrogens is 1. The first kappa shape index (κ1) is 19.8. The van der Waals surface area contributed by atoms with Crippen molar-refractivity contribution in [3.05, 3.63) is 29.5 Å². The molecule has 0 spiro atoms. The van der Waals surface area contributed by atoms with E-state index in [1.807, 2.05) is 6.92 Å². The number of aliphatic carboxylic acids is 1. The van der Waals surface area contributed by atoms with Gasteiger partial charge in [-0.1, -0.05) is 19.4 Å². The number of ketones is 2. The van der Waals surface area contributed by atoms with Crippen LogP contribution >= 0.6 is 0 Å². The van der Waals surface area contributed by atoms with E-state index >= 15 is 0 Å². The van der Waals surface area contributed by atoms with Crippen molar-refractivity contribution in [3.8, 4) is 5.75 Å². The number of Topliss-reactive ketones (excluding diaryl/α,β-unsaturated/α-hetero) is 2. The van der Waals surface area contributed by atoms with Crippen LogP contribution in [0.15, 0.2) is 18.2 Å². The number of carboxylic acid groups (broad SMARTS) is 1. The summed E-state index contributed by atoms with van der Waals surface area (Å²) in [6.45, 7) is 0.846. The molecule has 1 amide bonds. The number of fused-ring (bicyclic) bond motifs is 1. The van der Waals surface area contributed by atoms with Crippen molar-refractivity contribution in [3.63, 3.8) is 0 Å². The molecule has 1 heterocycles. The lowest BCUT2D eigenvalue weighted by atomic mass is 10.0. The van der Waals surface area contributed by atoms with Crippen LogP contribution in [0.4, 0.5) is 0 Å². The molecular weight excluding hydrogens is 356 g/mol. The van der Waals surface area contributed by atoms with Gasteiger partial charge < -0.3 is 20.1 Å². The molecular formula is C18H18N2O7. The van der Waals surface area contributed by atoms with Gasteiger partial charge >= 0.3 is 5.97 Å². The summed E-state index contributed by atoms with van der Waals surface area (Å²) in [6, 6.07) is 4.58. The van der Waals surface area contributed by atoms with E-state index in [-0.39, 0.29) is 29.5 Å². The maximum atomic E-state index is 12.5. The van der Waals surface area contributed by atoms with Crippen LogP contribution in [-0.4, -0.2) is 46.0 Å². The summed E-state index contributed by atoms with van der Waals surface area (Å²) in [7, 11) is 0. The van der Waals surface area contributed by atoms with E-state index in [1.165, 1.54) is 10.6 Å². The van der Waals surface area contributed by atoms with E-state index in [0.717, 1.165) is 0 Å². The van der Waals surface area contributed by atoms with E-state index in [4.69, 9.17) is 15.6 Å². The Bertz CT molecular complexity index is 943. The zero-order valence-corrected chi connectivity index (χ0v) is 14.6. The molecule has 1 aromatic heterocycles. The van der Waals surface area contributed by atoms with Crippen molar-refractivity contribution >= 4 is 40.6 Å². The first-order valence-corrected chi connectivity index (χ1v) is 8.12. The van der Waals surface area contributed by atoms with Crippen molar-refractivity contribution in [2.24, 2.45) is 5.73 Å². The zero-order valence-electron chi connectivity index (χ0n) is 14.6. The van der Waals surface area contributed by atoms with Gasteiger partial charge in [-0.3, -0.25) is 19.2 Å². The lowest BCUT2D eigenvalue weighted by molar-refractivity contribution is -0.139. The number of benzene rings is 1. The molecule has 0 aliphatic heterocycles. The molecule has 0 atom stereocenters. The number of rotatable bonds is 10. The molecule has 1 aromatic carbocycles. The van der Waals surface area contributed by atoms with Gasteiger partial charge in [0, 0.05) is 5.69 Å². The molecule has 0 radical (unpaired) electrons. The molecule has 9 nitrogen and oxygen atoms in total. The number of hydrogen-bond donors (Lipinski definition) is 2. The Morgan fingerprint density at radius 1 is 1.26 bits per heavy atom. The lowest BCUT2D eigenvalue weighted by Gasteiger charge is -2.08. The van der Waals surface area contributed by atoms with Gasteiger partial charge in [0.1, 0.15) is 5.75 Å². The van der Waals surface area contributed by atoms with E-state index in [1.54, 1.807) is 12.1 Å². The number of nitrogens with zero attached hydrogens (tertiary/aromatic N) is 1. The monoisotopic (exact) mass is 374 g/mol. The Labute approximate surface area is 153 Å². The topological polar surface area (TPSA) is 146 Å². The maximum absolute atomic E-state index is 12.5. The number of primary amides is 1. The summed E-state index contributed by atoms with van der Waals surface area (Å²) in [4.78, 5) is 57.4. The lowest BCUT2D eigenvalue weighted by Crippen LogP contribution is -2.24. The fourth-order valence-electron chi connectivity index (χ4n) is 2.92. The highest BCUT2D eigenvalue weighted by atomic mass is 16.5. The second-order valence-corrected chi connectivity index (χ2v) is 5.77. The number of carboxylic acids is 1. The van der Waals surface area contributed by atoms with E-state index in [9.17, 15) is 24.0 Å². The van der Waals surface area contributed by atoms with Crippen LogP contribution < -0.4 is 10.5 Å². The minimum Gasteiger partial charge on any atom is -0.481 e. The predicted molar refractivity (Wildman–Crippen MR) is 93.7 cm³/mol. The fraction of sp³-hybridized carbons (Fsp3) is 0.278. The molecule has 0 bridgehead atoms. The number of ether oxygens (including phenoxy) is 1. The fourth-order valence-corrected chi connectivity index (χ4v) is 2.92. The number of carbonyl (C=O) groups is 5. The summed E-state index contributed by atoms with van der Waals surface area (Å²) >= 11 is 0. The molecule has 0 unspecified atom stereocenters. The van der Waals surface area contributed by atoms with E-state index < -0.39 is 30.0 Å². The summed E-state index contributed by atoms with van der Waals surface area (Å²) in [5.74, 6) is -4.05. The molecule has 9 heteroatoms. The average molecular weight is 374 g/mol. The maximum Gasteiger partial charge on any atom is 0.341 e.